The number of H-pyrrole nitrogens is 1. The van der Waals surface area contributed by atoms with E-state index in [0.29, 0.717) is 26.2 Å². The number of hydrogen-bond donors (Lipinski definition) is 2. The molecule has 2 bridgehead atoms. The molecule has 2 aliphatic heterocycles. The normalized spacial score (nSPS) is 21.6. The van der Waals surface area contributed by atoms with Gasteiger partial charge in [0.15, 0.2) is 0 Å². The molecule has 31 heavy (non-hydrogen) atoms. The monoisotopic (exact) mass is 488 g/mol. The molecule has 2 aromatic rings. The first kappa shape index (κ1) is 21.6. The topological polar surface area (TPSA) is 96.6 Å². The number of ether oxygens (including phenoxy) is 2. The average molecular weight is 489 g/mol. The van der Waals surface area contributed by atoms with E-state index in [0.717, 1.165) is 40.1 Å². The molecule has 8 nitrogen and oxygen atoms in total. The number of amides is 2. The largest absolute Gasteiger partial charge is 0.453 e. The predicted octanol–water partition coefficient (Wildman–Crippen LogP) is 3.70. The molecule has 2 atom stereocenters. The van der Waals surface area contributed by atoms with Gasteiger partial charge < -0.3 is 24.7 Å². The lowest BCUT2D eigenvalue weighted by Gasteiger charge is -2.27. The molecule has 2 unspecified atom stereocenters. The standard InChI is InChI=1S/C22H25BrN4O4/c1-30-22(29)25-16-5-2-3-12-31-13-17-19(14-7-9-15(23)10-8-14)26-20(24-17)18-6-4-11-27(18)21(16)28/h2-3,7-10,16,18H,4-6,11-13H2,1H3,(H,24,26)(H,25,29). The van der Waals surface area contributed by atoms with Crippen molar-refractivity contribution in [3.63, 3.8) is 0 Å². The van der Waals surface area contributed by atoms with Crippen molar-refractivity contribution in [1.29, 1.82) is 0 Å². The molecule has 1 saturated heterocycles. The molecule has 1 fully saturated rings. The Kier molecular flexibility index (Phi) is 6.72. The summed E-state index contributed by atoms with van der Waals surface area (Å²) in [6.45, 7) is 1.39. The van der Waals surface area contributed by atoms with Crippen molar-refractivity contribution in [1.82, 2.24) is 20.2 Å². The number of aromatic amines is 1. The molecule has 4 rings (SSSR count). The summed E-state index contributed by atoms with van der Waals surface area (Å²) >= 11 is 3.47. The van der Waals surface area contributed by atoms with E-state index in [-0.39, 0.29) is 11.9 Å². The van der Waals surface area contributed by atoms with Crippen LogP contribution in [0.1, 0.15) is 36.8 Å². The SMILES string of the molecule is COC(=O)NC1CC=CCOCc2[nH]c(nc2-c2ccc(Br)cc2)C2CCCN2C1=O. The number of rotatable bonds is 2. The fourth-order valence-corrected chi connectivity index (χ4v) is 4.27. The Labute approximate surface area is 189 Å². The van der Waals surface area contributed by atoms with Crippen molar-refractivity contribution < 1.29 is 19.1 Å². The van der Waals surface area contributed by atoms with Gasteiger partial charge in [0.05, 0.1) is 37.8 Å². The summed E-state index contributed by atoms with van der Waals surface area (Å²) in [5, 5.41) is 2.66. The Morgan fingerprint density at radius 3 is 2.90 bits per heavy atom. The van der Waals surface area contributed by atoms with Crippen LogP contribution in [0.3, 0.4) is 0 Å². The summed E-state index contributed by atoms with van der Waals surface area (Å²) in [4.78, 5) is 35.2. The molecular weight excluding hydrogens is 464 g/mol. The van der Waals surface area contributed by atoms with Gasteiger partial charge in [-0.1, -0.05) is 40.2 Å². The molecule has 2 N–H and O–H groups in total. The van der Waals surface area contributed by atoms with Gasteiger partial charge in [-0.05, 0) is 31.4 Å². The lowest BCUT2D eigenvalue weighted by atomic mass is 10.1. The van der Waals surface area contributed by atoms with Gasteiger partial charge in [-0.2, -0.15) is 0 Å². The molecule has 0 aliphatic carbocycles. The fraction of sp³-hybridized carbons (Fsp3) is 0.409. The molecule has 0 spiro atoms. The van der Waals surface area contributed by atoms with Crippen LogP contribution >= 0.6 is 15.9 Å². The Morgan fingerprint density at radius 2 is 2.13 bits per heavy atom. The van der Waals surface area contributed by atoms with Crippen molar-refractivity contribution in [3.05, 3.63) is 52.4 Å². The zero-order chi connectivity index (χ0) is 21.8. The Morgan fingerprint density at radius 1 is 1.32 bits per heavy atom. The molecule has 2 aliphatic rings. The van der Waals surface area contributed by atoms with Gasteiger partial charge in [0.1, 0.15) is 11.9 Å². The van der Waals surface area contributed by atoms with E-state index < -0.39 is 12.1 Å². The summed E-state index contributed by atoms with van der Waals surface area (Å²) in [6, 6.07) is 7.08. The highest BCUT2D eigenvalue weighted by atomic mass is 79.9. The highest BCUT2D eigenvalue weighted by molar-refractivity contribution is 9.10. The highest BCUT2D eigenvalue weighted by Gasteiger charge is 2.36. The van der Waals surface area contributed by atoms with E-state index in [2.05, 4.69) is 26.2 Å². The van der Waals surface area contributed by atoms with Crippen LogP contribution in [0.25, 0.3) is 11.3 Å². The maximum Gasteiger partial charge on any atom is 0.407 e. The van der Waals surface area contributed by atoms with Crippen molar-refractivity contribution in [2.75, 3.05) is 20.3 Å². The second-order valence-electron chi connectivity index (χ2n) is 7.56. The first-order valence-electron chi connectivity index (χ1n) is 10.3. The van der Waals surface area contributed by atoms with Crippen LogP contribution in [-0.4, -0.2) is 53.2 Å². The minimum atomic E-state index is -0.703. The summed E-state index contributed by atoms with van der Waals surface area (Å²) < 4.78 is 11.5. The summed E-state index contributed by atoms with van der Waals surface area (Å²) in [7, 11) is 1.29. The Hall–Kier alpha value is -2.65. The second kappa shape index (κ2) is 9.65. The van der Waals surface area contributed by atoms with Crippen molar-refractivity contribution >= 4 is 27.9 Å². The number of fused-ring (bicyclic) bond motifs is 4. The van der Waals surface area contributed by atoms with Gasteiger partial charge in [0.2, 0.25) is 5.91 Å². The molecule has 1 aromatic heterocycles. The third kappa shape index (κ3) is 4.83. The van der Waals surface area contributed by atoms with Crippen molar-refractivity contribution in [3.8, 4) is 11.3 Å². The van der Waals surface area contributed by atoms with Gasteiger partial charge in [-0.15, -0.1) is 0 Å². The second-order valence-corrected chi connectivity index (χ2v) is 8.47. The lowest BCUT2D eigenvalue weighted by molar-refractivity contribution is -0.134. The fourth-order valence-electron chi connectivity index (χ4n) is 4.01. The van der Waals surface area contributed by atoms with E-state index in [1.54, 1.807) is 4.90 Å². The molecule has 164 valence electrons. The van der Waals surface area contributed by atoms with Crippen LogP contribution in [0.5, 0.6) is 0 Å². The highest BCUT2D eigenvalue weighted by Crippen LogP contribution is 2.34. The van der Waals surface area contributed by atoms with Crippen LogP contribution in [-0.2, 0) is 20.9 Å². The van der Waals surface area contributed by atoms with Crippen molar-refractivity contribution in [2.24, 2.45) is 0 Å². The third-order valence-electron chi connectivity index (χ3n) is 5.54. The molecule has 9 heteroatoms. The third-order valence-corrected chi connectivity index (χ3v) is 6.07. The zero-order valence-electron chi connectivity index (χ0n) is 17.3. The molecule has 0 saturated carbocycles. The molecule has 0 radical (unpaired) electrons. The number of benzene rings is 1. The van der Waals surface area contributed by atoms with Crippen LogP contribution in [0.2, 0.25) is 0 Å². The van der Waals surface area contributed by atoms with Crippen LogP contribution in [0.4, 0.5) is 4.79 Å². The van der Waals surface area contributed by atoms with E-state index >= 15 is 0 Å². The quantitative estimate of drug-likeness (QED) is 0.628. The number of carbonyl (C=O) groups is 2. The van der Waals surface area contributed by atoms with Crippen LogP contribution in [0, 0.1) is 0 Å². The zero-order valence-corrected chi connectivity index (χ0v) is 18.9. The number of halogens is 1. The minimum Gasteiger partial charge on any atom is -0.453 e. The number of nitrogens with zero attached hydrogens (tertiary/aromatic N) is 2. The molecular formula is C22H25BrN4O4. The van der Waals surface area contributed by atoms with Gasteiger partial charge in [-0.25, -0.2) is 9.78 Å². The number of methoxy groups -OCH3 is 1. The van der Waals surface area contributed by atoms with Gasteiger partial charge >= 0.3 is 6.09 Å². The number of alkyl carbamates (subject to hydrolysis) is 1. The number of hydrogen-bond acceptors (Lipinski definition) is 5. The summed E-state index contributed by atoms with van der Waals surface area (Å²) in [5.74, 6) is 0.604. The predicted molar refractivity (Wildman–Crippen MR) is 118 cm³/mol. The first-order chi connectivity index (χ1) is 15.1. The van der Waals surface area contributed by atoms with Crippen molar-refractivity contribution in [2.45, 2.75) is 38.0 Å². The average Bonchev–Trinajstić information content (AvgIpc) is 3.42. The van der Waals surface area contributed by atoms with E-state index in [1.807, 2.05) is 36.4 Å². The summed E-state index contributed by atoms with van der Waals surface area (Å²) in [6.07, 6.45) is 5.13. The number of aromatic nitrogens is 2. The smallest absolute Gasteiger partial charge is 0.407 e. The molecule has 1 aromatic carbocycles. The Balaban J connectivity index is 1.69. The van der Waals surface area contributed by atoms with Gasteiger partial charge in [0, 0.05) is 16.6 Å². The van der Waals surface area contributed by atoms with Gasteiger partial charge in [0.25, 0.3) is 0 Å². The molecule has 2 amide bonds. The number of carbonyl (C=O) groups excluding carboxylic acids is 2. The minimum absolute atomic E-state index is 0.138. The molecule has 3 heterocycles. The number of nitrogens with one attached hydrogen (secondary N) is 2. The maximum atomic E-state index is 13.3. The van der Waals surface area contributed by atoms with E-state index in [9.17, 15) is 9.59 Å². The lowest BCUT2D eigenvalue weighted by Crippen LogP contribution is -2.48. The summed E-state index contributed by atoms with van der Waals surface area (Å²) in [5.41, 5.74) is 2.69. The van der Waals surface area contributed by atoms with Crippen LogP contribution < -0.4 is 5.32 Å². The van der Waals surface area contributed by atoms with Gasteiger partial charge in [-0.3, -0.25) is 4.79 Å². The maximum absolute atomic E-state index is 13.3. The van der Waals surface area contributed by atoms with E-state index in [4.69, 9.17) is 14.5 Å². The Bertz CT molecular complexity index is 972. The number of imidazole rings is 1. The van der Waals surface area contributed by atoms with E-state index in [1.165, 1.54) is 7.11 Å². The first-order valence-corrected chi connectivity index (χ1v) is 11.1. The van der Waals surface area contributed by atoms with Crippen LogP contribution in [0.15, 0.2) is 40.9 Å².